The highest BCUT2D eigenvalue weighted by molar-refractivity contribution is 6.33. The van der Waals surface area contributed by atoms with Crippen molar-refractivity contribution in [1.82, 2.24) is 0 Å². The molecule has 2 aromatic carbocycles. The minimum absolute atomic E-state index is 0.341. The van der Waals surface area contributed by atoms with Crippen LogP contribution in [0.4, 0.5) is 4.39 Å². The average Bonchev–Trinajstić information content (AvgIpc) is 2.28. The van der Waals surface area contributed by atoms with Crippen LogP contribution in [0.2, 0.25) is 5.02 Å². The fraction of sp³-hybridized carbons (Fsp3) is 0.200. The van der Waals surface area contributed by atoms with Gasteiger partial charge in [-0.15, -0.1) is 11.6 Å². The molecule has 94 valence electrons. The Labute approximate surface area is 116 Å². The molecule has 0 nitrogen and oxygen atoms in total. The van der Waals surface area contributed by atoms with Crippen LogP contribution in [0.5, 0.6) is 0 Å². The van der Waals surface area contributed by atoms with Gasteiger partial charge in [-0.3, -0.25) is 0 Å². The summed E-state index contributed by atoms with van der Waals surface area (Å²) in [4.78, 5) is 0. The first-order valence-corrected chi connectivity index (χ1v) is 6.47. The van der Waals surface area contributed by atoms with E-state index in [9.17, 15) is 4.39 Å². The summed E-state index contributed by atoms with van der Waals surface area (Å²) in [5.41, 5.74) is 3.41. The summed E-state index contributed by atoms with van der Waals surface area (Å²) in [6.45, 7) is 3.97. The first kappa shape index (κ1) is 13.4. The van der Waals surface area contributed by atoms with Gasteiger partial charge < -0.3 is 0 Å². The zero-order valence-corrected chi connectivity index (χ0v) is 11.7. The normalized spacial score (nSPS) is 12.5. The second-order valence-corrected chi connectivity index (χ2v) is 5.20. The van der Waals surface area contributed by atoms with Crippen LogP contribution in [0, 0.1) is 19.7 Å². The SMILES string of the molecule is Cc1ccc(C(Cl)c2c(F)cccc2Cl)c(C)c1. The van der Waals surface area contributed by atoms with Gasteiger partial charge in [-0.2, -0.15) is 0 Å². The summed E-state index contributed by atoms with van der Waals surface area (Å²) in [5.74, 6) is -0.373. The molecule has 0 aromatic heterocycles. The molecule has 0 spiro atoms. The van der Waals surface area contributed by atoms with Crippen LogP contribution in [-0.2, 0) is 0 Å². The number of benzene rings is 2. The lowest BCUT2D eigenvalue weighted by molar-refractivity contribution is 0.612. The van der Waals surface area contributed by atoms with E-state index in [4.69, 9.17) is 23.2 Å². The third-order valence-electron chi connectivity index (χ3n) is 2.95. The van der Waals surface area contributed by atoms with Gasteiger partial charge in [-0.1, -0.05) is 41.4 Å². The Morgan fingerprint density at radius 1 is 1.11 bits per heavy atom. The second kappa shape index (κ2) is 5.29. The quantitative estimate of drug-likeness (QED) is 0.645. The zero-order chi connectivity index (χ0) is 13.3. The third-order valence-corrected chi connectivity index (χ3v) is 3.73. The largest absolute Gasteiger partial charge is 0.207 e. The fourth-order valence-corrected chi connectivity index (χ4v) is 2.81. The monoisotopic (exact) mass is 282 g/mol. The van der Waals surface area contributed by atoms with Gasteiger partial charge in [-0.05, 0) is 37.1 Å². The number of rotatable bonds is 2. The number of hydrogen-bond acceptors (Lipinski definition) is 0. The van der Waals surface area contributed by atoms with Crippen molar-refractivity contribution < 1.29 is 4.39 Å². The van der Waals surface area contributed by atoms with E-state index in [2.05, 4.69) is 0 Å². The first-order valence-electron chi connectivity index (χ1n) is 5.66. The minimum Gasteiger partial charge on any atom is -0.207 e. The van der Waals surface area contributed by atoms with Gasteiger partial charge in [0, 0.05) is 10.6 Å². The summed E-state index contributed by atoms with van der Waals surface area (Å²) in [7, 11) is 0. The number of aryl methyl sites for hydroxylation is 2. The van der Waals surface area contributed by atoms with Crippen LogP contribution < -0.4 is 0 Å². The highest BCUT2D eigenvalue weighted by Crippen LogP contribution is 2.36. The van der Waals surface area contributed by atoms with Gasteiger partial charge in [0.05, 0.1) is 5.38 Å². The van der Waals surface area contributed by atoms with E-state index in [-0.39, 0.29) is 5.82 Å². The molecule has 0 saturated carbocycles. The molecule has 0 aliphatic rings. The van der Waals surface area contributed by atoms with Gasteiger partial charge >= 0.3 is 0 Å². The van der Waals surface area contributed by atoms with Crippen LogP contribution >= 0.6 is 23.2 Å². The topological polar surface area (TPSA) is 0 Å². The Hall–Kier alpha value is -1.05. The third kappa shape index (κ3) is 2.52. The summed E-state index contributed by atoms with van der Waals surface area (Å²) in [6, 6.07) is 10.5. The fourth-order valence-electron chi connectivity index (χ4n) is 2.02. The maximum Gasteiger partial charge on any atom is 0.129 e. The number of hydrogen-bond donors (Lipinski definition) is 0. The van der Waals surface area contributed by atoms with Crippen molar-refractivity contribution in [1.29, 1.82) is 0 Å². The van der Waals surface area contributed by atoms with Gasteiger partial charge in [0.15, 0.2) is 0 Å². The molecular formula is C15H13Cl2F. The molecule has 18 heavy (non-hydrogen) atoms. The van der Waals surface area contributed by atoms with Crippen molar-refractivity contribution >= 4 is 23.2 Å². The molecule has 0 bridgehead atoms. The zero-order valence-electron chi connectivity index (χ0n) is 10.2. The molecule has 0 saturated heterocycles. The molecule has 2 rings (SSSR count). The van der Waals surface area contributed by atoms with Gasteiger partial charge in [0.25, 0.3) is 0 Å². The van der Waals surface area contributed by atoms with Crippen LogP contribution in [0.15, 0.2) is 36.4 Å². The molecule has 0 amide bonds. The molecule has 2 aromatic rings. The average molecular weight is 283 g/mol. The lowest BCUT2D eigenvalue weighted by Gasteiger charge is -2.16. The number of halogens is 3. The minimum atomic E-state index is -0.570. The van der Waals surface area contributed by atoms with Crippen LogP contribution in [0.25, 0.3) is 0 Å². The van der Waals surface area contributed by atoms with Crippen LogP contribution in [0.3, 0.4) is 0 Å². The van der Waals surface area contributed by atoms with Crippen molar-refractivity contribution in [2.45, 2.75) is 19.2 Å². The Kier molecular flexibility index (Phi) is 3.94. The molecule has 1 atom stereocenters. The van der Waals surface area contributed by atoms with E-state index < -0.39 is 5.38 Å². The van der Waals surface area contributed by atoms with Crippen molar-refractivity contribution in [3.8, 4) is 0 Å². The lowest BCUT2D eigenvalue weighted by atomic mass is 9.98. The summed E-state index contributed by atoms with van der Waals surface area (Å²) in [5, 5.41) is -0.214. The summed E-state index contributed by atoms with van der Waals surface area (Å²) in [6.07, 6.45) is 0. The number of alkyl halides is 1. The Bertz CT molecular complexity index is 558. The standard InChI is InChI=1S/C15H13Cl2F/c1-9-6-7-11(10(2)8-9)15(17)14-12(16)4-3-5-13(14)18/h3-8,15H,1-2H3. The van der Waals surface area contributed by atoms with Crippen molar-refractivity contribution in [2.24, 2.45) is 0 Å². The van der Waals surface area contributed by atoms with Gasteiger partial charge in [0.1, 0.15) is 5.82 Å². The van der Waals surface area contributed by atoms with E-state index >= 15 is 0 Å². The molecule has 1 unspecified atom stereocenters. The van der Waals surface area contributed by atoms with Gasteiger partial charge in [-0.25, -0.2) is 4.39 Å². The van der Waals surface area contributed by atoms with E-state index in [1.165, 1.54) is 6.07 Å². The molecular weight excluding hydrogens is 270 g/mol. The van der Waals surface area contributed by atoms with Gasteiger partial charge in [0.2, 0.25) is 0 Å². The molecule has 0 heterocycles. The maximum absolute atomic E-state index is 13.8. The predicted molar refractivity (Wildman–Crippen MR) is 75.0 cm³/mol. The molecule has 0 aliphatic heterocycles. The van der Waals surface area contributed by atoms with Crippen molar-refractivity contribution in [3.05, 3.63) is 69.5 Å². The van der Waals surface area contributed by atoms with Crippen LogP contribution in [0.1, 0.15) is 27.6 Å². The molecule has 3 heteroatoms. The molecule has 0 aliphatic carbocycles. The predicted octanol–water partition coefficient (Wildman–Crippen LogP) is 5.42. The molecule has 0 fully saturated rings. The molecule has 0 radical (unpaired) electrons. The Balaban J connectivity index is 2.51. The molecule has 0 N–H and O–H groups in total. The van der Waals surface area contributed by atoms with Crippen LogP contribution in [-0.4, -0.2) is 0 Å². The van der Waals surface area contributed by atoms with Crippen molar-refractivity contribution in [3.63, 3.8) is 0 Å². The van der Waals surface area contributed by atoms with E-state index in [1.807, 2.05) is 32.0 Å². The van der Waals surface area contributed by atoms with Crippen molar-refractivity contribution in [2.75, 3.05) is 0 Å². The van der Waals surface area contributed by atoms with E-state index in [0.717, 1.165) is 16.7 Å². The first-order chi connectivity index (χ1) is 8.50. The summed E-state index contributed by atoms with van der Waals surface area (Å²) >= 11 is 12.4. The Morgan fingerprint density at radius 3 is 2.44 bits per heavy atom. The Morgan fingerprint density at radius 2 is 1.83 bits per heavy atom. The van der Waals surface area contributed by atoms with E-state index in [1.54, 1.807) is 12.1 Å². The lowest BCUT2D eigenvalue weighted by Crippen LogP contribution is -2.00. The van der Waals surface area contributed by atoms with E-state index in [0.29, 0.717) is 10.6 Å². The smallest absolute Gasteiger partial charge is 0.129 e. The highest BCUT2D eigenvalue weighted by Gasteiger charge is 2.19. The highest BCUT2D eigenvalue weighted by atomic mass is 35.5. The summed E-state index contributed by atoms with van der Waals surface area (Å²) < 4.78 is 13.8. The second-order valence-electron chi connectivity index (χ2n) is 4.36. The maximum atomic E-state index is 13.8.